The van der Waals surface area contributed by atoms with Crippen molar-refractivity contribution in [3.05, 3.63) is 35.9 Å². The third-order valence-electron chi connectivity index (χ3n) is 1.94. The molecule has 1 atom stereocenters. The normalized spacial score (nSPS) is 11.5. The van der Waals surface area contributed by atoms with Crippen LogP contribution < -0.4 is 5.73 Å². The summed E-state index contributed by atoms with van der Waals surface area (Å²) in [4.78, 5) is 10.0. The van der Waals surface area contributed by atoms with E-state index in [4.69, 9.17) is 10.8 Å². The molecule has 3 heteroatoms. The van der Waals surface area contributed by atoms with Gasteiger partial charge in [0.2, 0.25) is 0 Å². The fourth-order valence-electron chi connectivity index (χ4n) is 0.820. The van der Waals surface area contributed by atoms with Crippen LogP contribution in [-0.4, -0.2) is 17.1 Å². The van der Waals surface area contributed by atoms with Gasteiger partial charge in [-0.3, -0.25) is 4.79 Å². The molecule has 1 unspecified atom stereocenters. The molecule has 0 radical (unpaired) electrons. The van der Waals surface area contributed by atoms with Crippen molar-refractivity contribution in [2.75, 3.05) is 0 Å². The lowest BCUT2D eigenvalue weighted by atomic mass is 10.1. The Morgan fingerprint density at radius 3 is 1.87 bits per heavy atom. The first-order valence-corrected chi connectivity index (χ1v) is 4.95. The van der Waals surface area contributed by atoms with Crippen LogP contribution in [0.2, 0.25) is 0 Å². The van der Waals surface area contributed by atoms with Crippen LogP contribution in [0.1, 0.15) is 19.4 Å². The van der Waals surface area contributed by atoms with Crippen LogP contribution >= 0.6 is 0 Å². The van der Waals surface area contributed by atoms with Crippen molar-refractivity contribution in [1.29, 1.82) is 0 Å². The van der Waals surface area contributed by atoms with E-state index in [1.54, 1.807) is 13.8 Å². The standard InChI is InChI=1S/C7H8.C5H11NO2/c1-7-5-3-2-4-6-7;1-3(2)4(6)5(7)8/h2-6H,1H3;3-4H,6H2,1-2H3,(H,7,8). The monoisotopic (exact) mass is 209 g/mol. The predicted octanol–water partition coefficient (Wildman–Crippen LogP) is 2.05. The number of carbonyl (C=O) groups is 1. The Morgan fingerprint density at radius 2 is 1.73 bits per heavy atom. The maximum Gasteiger partial charge on any atom is 0.320 e. The number of rotatable bonds is 2. The second-order valence-corrected chi connectivity index (χ2v) is 3.76. The summed E-state index contributed by atoms with van der Waals surface area (Å²) in [6.45, 7) is 5.64. The van der Waals surface area contributed by atoms with E-state index in [2.05, 4.69) is 19.1 Å². The summed E-state index contributed by atoms with van der Waals surface area (Å²) in [5, 5.41) is 8.23. The average molecular weight is 209 g/mol. The highest BCUT2D eigenvalue weighted by Gasteiger charge is 2.14. The molecule has 0 aromatic heterocycles. The molecule has 0 bridgehead atoms. The number of benzene rings is 1. The highest BCUT2D eigenvalue weighted by atomic mass is 16.4. The molecular formula is C12H19NO2. The molecule has 1 aromatic carbocycles. The van der Waals surface area contributed by atoms with Crippen LogP contribution in [0.25, 0.3) is 0 Å². The van der Waals surface area contributed by atoms with Crippen molar-refractivity contribution in [1.82, 2.24) is 0 Å². The second-order valence-electron chi connectivity index (χ2n) is 3.76. The molecule has 84 valence electrons. The van der Waals surface area contributed by atoms with Crippen LogP contribution in [0.4, 0.5) is 0 Å². The molecule has 3 nitrogen and oxygen atoms in total. The smallest absolute Gasteiger partial charge is 0.320 e. The highest BCUT2D eigenvalue weighted by molar-refractivity contribution is 5.73. The summed E-state index contributed by atoms with van der Waals surface area (Å²) >= 11 is 0. The Balaban J connectivity index is 0.000000262. The molecule has 1 aromatic rings. The molecule has 0 saturated heterocycles. The zero-order chi connectivity index (χ0) is 11.8. The lowest BCUT2D eigenvalue weighted by molar-refractivity contribution is -0.139. The van der Waals surface area contributed by atoms with Crippen LogP contribution in [0, 0.1) is 12.8 Å². The third kappa shape index (κ3) is 6.69. The molecule has 0 fully saturated rings. The van der Waals surface area contributed by atoms with Crippen LogP contribution in [0.5, 0.6) is 0 Å². The number of carboxylic acid groups (broad SMARTS) is 1. The van der Waals surface area contributed by atoms with Crippen LogP contribution in [-0.2, 0) is 4.79 Å². The molecule has 0 aliphatic carbocycles. The van der Waals surface area contributed by atoms with E-state index < -0.39 is 12.0 Å². The molecule has 15 heavy (non-hydrogen) atoms. The highest BCUT2D eigenvalue weighted by Crippen LogP contribution is 1.96. The molecule has 0 aliphatic rings. The summed E-state index contributed by atoms with van der Waals surface area (Å²) in [6, 6.07) is 9.55. The van der Waals surface area contributed by atoms with E-state index in [-0.39, 0.29) is 5.92 Å². The van der Waals surface area contributed by atoms with Gasteiger partial charge in [0.1, 0.15) is 6.04 Å². The Morgan fingerprint density at radius 1 is 1.27 bits per heavy atom. The molecule has 0 amide bonds. The fourth-order valence-corrected chi connectivity index (χ4v) is 0.820. The number of nitrogens with two attached hydrogens (primary N) is 1. The number of hydrogen-bond donors (Lipinski definition) is 2. The van der Waals surface area contributed by atoms with Crippen molar-refractivity contribution in [3.8, 4) is 0 Å². The quantitative estimate of drug-likeness (QED) is 0.783. The number of aryl methyl sites for hydroxylation is 1. The zero-order valence-electron chi connectivity index (χ0n) is 9.47. The van der Waals surface area contributed by atoms with E-state index in [9.17, 15) is 4.79 Å². The van der Waals surface area contributed by atoms with Gasteiger partial charge in [-0.25, -0.2) is 0 Å². The van der Waals surface area contributed by atoms with Crippen molar-refractivity contribution in [2.45, 2.75) is 26.8 Å². The summed E-state index contributed by atoms with van der Waals surface area (Å²) in [5.41, 5.74) is 6.48. The minimum absolute atomic E-state index is 0.0208. The van der Waals surface area contributed by atoms with Gasteiger partial charge in [-0.1, -0.05) is 49.7 Å². The lowest BCUT2D eigenvalue weighted by Gasteiger charge is -2.07. The van der Waals surface area contributed by atoms with E-state index in [1.165, 1.54) is 5.56 Å². The van der Waals surface area contributed by atoms with Gasteiger partial charge in [-0.2, -0.15) is 0 Å². The summed E-state index contributed by atoms with van der Waals surface area (Å²) in [5.74, 6) is -0.910. The van der Waals surface area contributed by atoms with Gasteiger partial charge >= 0.3 is 5.97 Å². The molecular weight excluding hydrogens is 190 g/mol. The van der Waals surface area contributed by atoms with Gasteiger partial charge in [0.05, 0.1) is 0 Å². The minimum Gasteiger partial charge on any atom is -0.480 e. The maximum atomic E-state index is 10.0. The number of aliphatic carboxylic acids is 1. The van der Waals surface area contributed by atoms with Crippen LogP contribution in [0.15, 0.2) is 30.3 Å². The summed E-state index contributed by atoms with van der Waals surface area (Å²) < 4.78 is 0. The zero-order valence-corrected chi connectivity index (χ0v) is 9.47. The van der Waals surface area contributed by atoms with Crippen LogP contribution in [0.3, 0.4) is 0 Å². The minimum atomic E-state index is -0.931. The summed E-state index contributed by atoms with van der Waals surface area (Å²) in [6.07, 6.45) is 0. The molecule has 0 spiro atoms. The van der Waals surface area contributed by atoms with Gasteiger partial charge in [0.15, 0.2) is 0 Å². The first-order chi connectivity index (χ1) is 6.95. The molecule has 1 rings (SSSR count). The van der Waals surface area contributed by atoms with Gasteiger partial charge in [0, 0.05) is 0 Å². The Bertz CT molecular complexity index is 283. The lowest BCUT2D eigenvalue weighted by Crippen LogP contribution is -2.34. The Kier molecular flexibility index (Phi) is 6.38. The first-order valence-electron chi connectivity index (χ1n) is 4.95. The van der Waals surface area contributed by atoms with E-state index in [0.29, 0.717) is 0 Å². The third-order valence-corrected chi connectivity index (χ3v) is 1.94. The van der Waals surface area contributed by atoms with Crippen molar-refractivity contribution < 1.29 is 9.90 Å². The number of hydrogen-bond acceptors (Lipinski definition) is 2. The van der Waals surface area contributed by atoms with E-state index in [0.717, 1.165) is 0 Å². The fraction of sp³-hybridized carbons (Fsp3) is 0.417. The van der Waals surface area contributed by atoms with Crippen molar-refractivity contribution >= 4 is 5.97 Å². The van der Waals surface area contributed by atoms with Crippen molar-refractivity contribution in [3.63, 3.8) is 0 Å². The second kappa shape index (κ2) is 7.01. The molecule has 0 aliphatic heterocycles. The molecule has 0 saturated carbocycles. The molecule has 3 N–H and O–H groups in total. The van der Waals surface area contributed by atoms with Gasteiger partial charge in [-0.05, 0) is 12.8 Å². The van der Waals surface area contributed by atoms with Crippen molar-refractivity contribution in [2.24, 2.45) is 11.7 Å². The first kappa shape index (κ1) is 13.7. The number of carboxylic acids is 1. The molecule has 0 heterocycles. The SMILES string of the molecule is CC(C)C(N)C(=O)O.Cc1ccccc1. The topological polar surface area (TPSA) is 63.3 Å². The van der Waals surface area contributed by atoms with Gasteiger partial charge < -0.3 is 10.8 Å². The van der Waals surface area contributed by atoms with Gasteiger partial charge in [-0.15, -0.1) is 0 Å². The average Bonchev–Trinajstić information content (AvgIpc) is 2.18. The largest absolute Gasteiger partial charge is 0.480 e. The van der Waals surface area contributed by atoms with E-state index >= 15 is 0 Å². The predicted molar refractivity (Wildman–Crippen MR) is 61.6 cm³/mol. The summed E-state index contributed by atoms with van der Waals surface area (Å²) in [7, 11) is 0. The van der Waals surface area contributed by atoms with Gasteiger partial charge in [0.25, 0.3) is 0 Å². The Hall–Kier alpha value is -1.35. The Labute approximate surface area is 90.9 Å². The van der Waals surface area contributed by atoms with E-state index in [1.807, 2.05) is 18.2 Å². The maximum absolute atomic E-state index is 10.0.